The molecule has 1 atom stereocenters. The largest absolute Gasteiger partial charge is 0.495 e. The van der Waals surface area contributed by atoms with Gasteiger partial charge in [-0.1, -0.05) is 0 Å². The number of ether oxygens (including phenoxy) is 1. The van der Waals surface area contributed by atoms with Gasteiger partial charge in [0.05, 0.1) is 30.9 Å². The number of benzene rings is 1. The van der Waals surface area contributed by atoms with E-state index in [-0.39, 0.29) is 18.0 Å². The Morgan fingerprint density at radius 3 is 2.35 bits per heavy atom. The molecule has 51 heavy (non-hydrogen) atoms. The number of imide groups is 1. The van der Waals surface area contributed by atoms with E-state index in [1.807, 2.05) is 36.3 Å². The van der Waals surface area contributed by atoms with E-state index in [4.69, 9.17) is 10.5 Å². The van der Waals surface area contributed by atoms with E-state index in [2.05, 4.69) is 46.4 Å². The summed E-state index contributed by atoms with van der Waals surface area (Å²) in [6, 6.07) is 7.64. The van der Waals surface area contributed by atoms with Crippen LogP contribution in [0.15, 0.2) is 42.9 Å². The number of aryl methyl sites for hydroxylation is 1. The number of hydrogen-bond donors (Lipinski definition) is 3. The van der Waals surface area contributed by atoms with Gasteiger partial charge in [-0.2, -0.15) is 5.10 Å². The van der Waals surface area contributed by atoms with Crippen molar-refractivity contribution >= 4 is 34.8 Å². The molecule has 14 heteroatoms. The maximum absolute atomic E-state index is 12.7. The van der Waals surface area contributed by atoms with Crippen molar-refractivity contribution in [3.63, 3.8) is 0 Å². The molecule has 0 aliphatic carbocycles. The molecule has 14 nitrogen and oxygen atoms in total. The van der Waals surface area contributed by atoms with Crippen LogP contribution in [-0.4, -0.2) is 120 Å². The number of methoxy groups -OCH3 is 1. The maximum atomic E-state index is 12.7. The Hall–Kier alpha value is -4.69. The minimum absolute atomic E-state index is 0.216. The molecule has 7 rings (SSSR count). The predicted molar refractivity (Wildman–Crippen MR) is 196 cm³/mol. The number of nitrogens with one attached hydrogen (secondary N) is 2. The average molecular weight is 699 g/mol. The molecule has 1 aromatic carbocycles. The molecule has 3 aromatic rings. The lowest BCUT2D eigenvalue weighted by Gasteiger charge is -2.44. The van der Waals surface area contributed by atoms with Crippen molar-refractivity contribution in [2.24, 2.45) is 13.0 Å². The molecule has 272 valence electrons. The molecule has 3 amide bonds. The van der Waals surface area contributed by atoms with Crippen molar-refractivity contribution in [3.05, 3.63) is 48.5 Å². The zero-order valence-electron chi connectivity index (χ0n) is 29.7. The smallest absolute Gasteiger partial charge is 0.270 e. The fourth-order valence-electron chi connectivity index (χ4n) is 8.11. The molecular formula is C37H50N10O4. The van der Waals surface area contributed by atoms with E-state index in [0.717, 1.165) is 107 Å². The third kappa shape index (κ3) is 7.96. The molecule has 4 N–H and O–H groups in total. The zero-order valence-corrected chi connectivity index (χ0v) is 29.7. The number of piperidine rings is 3. The van der Waals surface area contributed by atoms with Gasteiger partial charge in [0.1, 0.15) is 17.5 Å². The summed E-state index contributed by atoms with van der Waals surface area (Å²) in [5.74, 6) is 0.203. The Bertz CT molecular complexity index is 1700. The molecule has 0 spiro atoms. The average Bonchev–Trinajstić information content (AvgIpc) is 3.59. The molecule has 0 bridgehead atoms. The fraction of sp³-hybridized carbons (Fsp3) is 0.541. The first-order chi connectivity index (χ1) is 24.7. The number of hydrogen-bond acceptors (Lipinski definition) is 11. The molecule has 0 radical (unpaired) electrons. The van der Waals surface area contributed by atoms with Gasteiger partial charge in [-0.25, -0.2) is 4.98 Å². The van der Waals surface area contributed by atoms with E-state index in [0.29, 0.717) is 29.8 Å². The predicted octanol–water partition coefficient (Wildman–Crippen LogP) is 2.11. The van der Waals surface area contributed by atoms with Crippen molar-refractivity contribution in [1.82, 2.24) is 35.2 Å². The molecular weight excluding hydrogens is 648 g/mol. The highest BCUT2D eigenvalue weighted by Crippen LogP contribution is 2.39. The molecule has 6 heterocycles. The van der Waals surface area contributed by atoms with Crippen LogP contribution in [0, 0.1) is 5.92 Å². The van der Waals surface area contributed by atoms with Gasteiger partial charge in [-0.15, -0.1) is 0 Å². The topological polar surface area (TPSA) is 154 Å². The van der Waals surface area contributed by atoms with E-state index >= 15 is 0 Å². The number of nitrogens with two attached hydrogens (primary N) is 1. The van der Waals surface area contributed by atoms with Gasteiger partial charge in [-0.3, -0.25) is 29.3 Å². The Kier molecular flexibility index (Phi) is 10.4. The Labute approximate surface area is 299 Å². The number of carbonyl (C=O) groups is 3. The first-order valence-corrected chi connectivity index (χ1v) is 18.3. The van der Waals surface area contributed by atoms with E-state index in [1.165, 1.54) is 0 Å². The number of rotatable bonds is 9. The number of amides is 3. The monoisotopic (exact) mass is 698 g/mol. The highest BCUT2D eigenvalue weighted by molar-refractivity contribution is 6.03. The molecule has 4 saturated heterocycles. The molecule has 4 fully saturated rings. The Morgan fingerprint density at radius 1 is 0.961 bits per heavy atom. The first kappa shape index (κ1) is 34.7. The number of carbonyl (C=O) groups excluding carboxylic acids is 3. The van der Waals surface area contributed by atoms with Crippen molar-refractivity contribution in [1.29, 1.82) is 0 Å². The highest BCUT2D eigenvalue weighted by atomic mass is 16.5. The summed E-state index contributed by atoms with van der Waals surface area (Å²) in [4.78, 5) is 50.6. The van der Waals surface area contributed by atoms with Gasteiger partial charge in [0.15, 0.2) is 0 Å². The van der Waals surface area contributed by atoms with E-state index in [1.54, 1.807) is 19.4 Å². The van der Waals surface area contributed by atoms with Crippen LogP contribution in [0.2, 0.25) is 0 Å². The molecule has 0 saturated carbocycles. The standard InChI is InChI=1S/C37H50N10O4/c1-43-24-26(21-40-43)29-19-30(38)34(51-2)20-33(29)47-13-9-27(10-14-47)46-17-15-44(16-18-46)23-25-7-11-45(12-8-25)28-3-4-31(39-22-28)36(49)41-32-5-6-35(48)42-37(32)50/h3-4,19-22,24-25,27,32H,5-18,23,38H2,1-2H3,(H,41,49)(H,42,48,50). The number of aromatic nitrogens is 3. The van der Waals surface area contributed by atoms with Gasteiger partial charge in [0.25, 0.3) is 5.91 Å². The maximum Gasteiger partial charge on any atom is 0.270 e. The number of pyridine rings is 1. The highest BCUT2D eigenvalue weighted by Gasteiger charge is 2.31. The third-order valence-corrected chi connectivity index (χ3v) is 11.1. The van der Waals surface area contributed by atoms with Crippen LogP contribution in [0.3, 0.4) is 0 Å². The van der Waals surface area contributed by atoms with Crippen LogP contribution in [-0.2, 0) is 16.6 Å². The molecule has 4 aliphatic rings. The zero-order chi connectivity index (χ0) is 35.5. The van der Waals surface area contributed by atoms with Crippen molar-refractivity contribution in [3.8, 4) is 16.9 Å². The van der Waals surface area contributed by atoms with Crippen molar-refractivity contribution < 1.29 is 19.1 Å². The number of nitrogen functional groups attached to an aromatic ring is 1. The fourth-order valence-corrected chi connectivity index (χ4v) is 8.11. The van der Waals surface area contributed by atoms with Gasteiger partial charge < -0.3 is 30.5 Å². The summed E-state index contributed by atoms with van der Waals surface area (Å²) in [5, 5.41) is 9.35. The van der Waals surface area contributed by atoms with Crippen LogP contribution in [0.5, 0.6) is 5.75 Å². The van der Waals surface area contributed by atoms with Gasteiger partial charge in [-0.05, 0) is 56.2 Å². The minimum Gasteiger partial charge on any atom is -0.495 e. The van der Waals surface area contributed by atoms with Gasteiger partial charge in [0.2, 0.25) is 11.8 Å². The summed E-state index contributed by atoms with van der Waals surface area (Å²) in [6.45, 7) is 9.55. The van der Waals surface area contributed by atoms with Gasteiger partial charge in [0, 0.05) is 107 Å². The lowest BCUT2D eigenvalue weighted by atomic mass is 9.95. The van der Waals surface area contributed by atoms with Crippen molar-refractivity contribution in [2.45, 2.75) is 50.6 Å². The van der Waals surface area contributed by atoms with Gasteiger partial charge >= 0.3 is 0 Å². The normalized spacial score (nSPS) is 21.5. The lowest BCUT2D eigenvalue weighted by molar-refractivity contribution is -0.134. The van der Waals surface area contributed by atoms with Crippen LogP contribution in [0.1, 0.15) is 49.0 Å². The molecule has 1 unspecified atom stereocenters. The second-order valence-electron chi connectivity index (χ2n) is 14.4. The summed E-state index contributed by atoms with van der Waals surface area (Å²) in [5.41, 5.74) is 11.6. The summed E-state index contributed by atoms with van der Waals surface area (Å²) in [7, 11) is 3.61. The third-order valence-electron chi connectivity index (χ3n) is 11.1. The first-order valence-electron chi connectivity index (χ1n) is 18.3. The van der Waals surface area contributed by atoms with Crippen LogP contribution < -0.4 is 30.9 Å². The SMILES string of the molecule is COc1cc(N2CCC(N3CCN(CC4CCN(c5ccc(C(=O)NC6CCC(=O)NC6=O)nc5)CC4)CC3)CC2)c(-c2cnn(C)c2)cc1N. The minimum atomic E-state index is -0.712. The van der Waals surface area contributed by atoms with E-state index in [9.17, 15) is 14.4 Å². The van der Waals surface area contributed by atoms with Crippen LogP contribution >= 0.6 is 0 Å². The summed E-state index contributed by atoms with van der Waals surface area (Å²) < 4.78 is 7.42. The lowest BCUT2D eigenvalue weighted by Crippen LogP contribution is -2.54. The molecule has 4 aliphatic heterocycles. The van der Waals surface area contributed by atoms with E-state index < -0.39 is 17.9 Å². The Balaban J connectivity index is 0.840. The number of nitrogens with zero attached hydrogens (tertiary/aromatic N) is 7. The second kappa shape index (κ2) is 15.3. The number of piperazine rings is 1. The molecule has 2 aromatic heterocycles. The summed E-state index contributed by atoms with van der Waals surface area (Å²) >= 11 is 0. The van der Waals surface area contributed by atoms with Crippen LogP contribution in [0.25, 0.3) is 11.1 Å². The summed E-state index contributed by atoms with van der Waals surface area (Å²) in [6.07, 6.45) is 10.7. The van der Waals surface area contributed by atoms with Crippen molar-refractivity contribution in [2.75, 3.05) is 81.5 Å². The second-order valence-corrected chi connectivity index (χ2v) is 14.4. The Morgan fingerprint density at radius 2 is 1.71 bits per heavy atom. The quantitative estimate of drug-likeness (QED) is 0.223. The number of anilines is 3. The van der Waals surface area contributed by atoms with Crippen LogP contribution in [0.4, 0.5) is 17.1 Å².